The molecule has 1 heterocycles. The Morgan fingerprint density at radius 1 is 1.07 bits per heavy atom. The average Bonchev–Trinajstić information content (AvgIpc) is 3.10. The number of carbonyl (C=O) groups excluding carboxylic acids is 1. The number of nitrogens with one attached hydrogen (secondary N) is 2. The van der Waals surface area contributed by atoms with Crippen molar-refractivity contribution >= 4 is 17.7 Å². The van der Waals surface area contributed by atoms with E-state index in [9.17, 15) is 18.0 Å². The highest BCUT2D eigenvalue weighted by molar-refractivity contribution is 8.00. The van der Waals surface area contributed by atoms with Crippen LogP contribution < -0.4 is 5.32 Å². The Kier molecular flexibility index (Phi) is 6.08. The summed E-state index contributed by atoms with van der Waals surface area (Å²) in [6.45, 7) is 0.197. The van der Waals surface area contributed by atoms with Crippen LogP contribution in [0.5, 0.6) is 0 Å². The van der Waals surface area contributed by atoms with Gasteiger partial charge in [0, 0.05) is 11.1 Å². The standard InChI is InChI=1S/C20H18F3N3OS/c1-13(18(27)24-12-20(21,22)23)28-19-25-16(14-8-4-2-5-9-14)17(26-19)15-10-6-3-7-11-15/h2-11,13H,12H2,1H3,(H,24,27)(H,25,26). The number of nitrogens with zero attached hydrogens (tertiary/aromatic N) is 1. The molecular formula is C20H18F3N3OS. The molecule has 1 atom stereocenters. The number of amides is 1. The number of thioether (sulfide) groups is 1. The summed E-state index contributed by atoms with van der Waals surface area (Å²) in [5, 5.41) is 1.63. The predicted octanol–water partition coefficient (Wildman–Crippen LogP) is 4.90. The third-order valence-corrected chi connectivity index (χ3v) is 4.90. The summed E-state index contributed by atoms with van der Waals surface area (Å²) < 4.78 is 36.9. The lowest BCUT2D eigenvalue weighted by Gasteiger charge is -2.12. The molecule has 1 unspecified atom stereocenters. The van der Waals surface area contributed by atoms with Gasteiger partial charge in [-0.15, -0.1) is 0 Å². The molecule has 1 amide bonds. The SMILES string of the molecule is CC(Sc1nc(-c2ccccc2)c(-c2ccccc2)[nH]1)C(=O)NCC(F)(F)F. The smallest absolute Gasteiger partial charge is 0.346 e. The van der Waals surface area contributed by atoms with E-state index in [1.807, 2.05) is 66.0 Å². The molecule has 0 aliphatic heterocycles. The zero-order valence-electron chi connectivity index (χ0n) is 15.0. The Hall–Kier alpha value is -2.74. The van der Waals surface area contributed by atoms with Crippen molar-refractivity contribution in [3.63, 3.8) is 0 Å². The van der Waals surface area contributed by atoms with E-state index < -0.39 is 23.9 Å². The molecule has 2 N–H and O–H groups in total. The van der Waals surface area contributed by atoms with E-state index in [2.05, 4.69) is 9.97 Å². The molecule has 0 aliphatic rings. The number of aromatic nitrogens is 2. The van der Waals surface area contributed by atoms with E-state index in [0.29, 0.717) is 5.16 Å². The van der Waals surface area contributed by atoms with Crippen LogP contribution in [0.25, 0.3) is 22.5 Å². The monoisotopic (exact) mass is 405 g/mol. The summed E-state index contributed by atoms with van der Waals surface area (Å²) >= 11 is 1.08. The van der Waals surface area contributed by atoms with Gasteiger partial charge >= 0.3 is 6.18 Å². The molecule has 3 aromatic rings. The maximum Gasteiger partial charge on any atom is 0.405 e. The van der Waals surface area contributed by atoms with Crippen molar-refractivity contribution < 1.29 is 18.0 Å². The Morgan fingerprint density at radius 2 is 1.64 bits per heavy atom. The molecule has 0 bridgehead atoms. The van der Waals surface area contributed by atoms with Gasteiger partial charge < -0.3 is 10.3 Å². The van der Waals surface area contributed by atoms with Crippen LogP contribution in [0.1, 0.15) is 6.92 Å². The van der Waals surface area contributed by atoms with Crippen molar-refractivity contribution in [1.29, 1.82) is 0 Å². The summed E-state index contributed by atoms with van der Waals surface area (Å²) in [6.07, 6.45) is -4.44. The summed E-state index contributed by atoms with van der Waals surface area (Å²) in [5.41, 5.74) is 3.34. The number of benzene rings is 2. The second kappa shape index (κ2) is 8.52. The van der Waals surface area contributed by atoms with Crippen molar-refractivity contribution in [3.05, 3.63) is 60.7 Å². The van der Waals surface area contributed by atoms with Crippen LogP contribution in [-0.2, 0) is 4.79 Å². The number of hydrogen-bond donors (Lipinski definition) is 2. The number of hydrogen-bond acceptors (Lipinski definition) is 3. The molecule has 0 spiro atoms. The van der Waals surface area contributed by atoms with E-state index in [-0.39, 0.29) is 0 Å². The summed E-state index contributed by atoms with van der Waals surface area (Å²) in [7, 11) is 0. The molecule has 146 valence electrons. The van der Waals surface area contributed by atoms with E-state index in [4.69, 9.17) is 0 Å². The third-order valence-electron chi connectivity index (χ3n) is 3.91. The zero-order chi connectivity index (χ0) is 20.1. The maximum absolute atomic E-state index is 12.3. The summed E-state index contributed by atoms with van der Waals surface area (Å²) in [5.74, 6) is -0.693. The van der Waals surface area contributed by atoms with Gasteiger partial charge in [-0.1, -0.05) is 72.4 Å². The molecule has 0 fully saturated rings. The van der Waals surface area contributed by atoms with Crippen LogP contribution in [0.2, 0.25) is 0 Å². The number of carbonyl (C=O) groups is 1. The molecule has 0 saturated carbocycles. The van der Waals surface area contributed by atoms with E-state index in [1.165, 1.54) is 0 Å². The summed E-state index contributed by atoms with van der Waals surface area (Å²) in [6, 6.07) is 19.2. The Labute approximate surface area is 164 Å². The van der Waals surface area contributed by atoms with Crippen molar-refractivity contribution in [1.82, 2.24) is 15.3 Å². The highest BCUT2D eigenvalue weighted by Gasteiger charge is 2.29. The van der Waals surface area contributed by atoms with Crippen LogP contribution in [0.4, 0.5) is 13.2 Å². The highest BCUT2D eigenvalue weighted by Crippen LogP contribution is 2.33. The Balaban J connectivity index is 1.84. The average molecular weight is 405 g/mol. The lowest BCUT2D eigenvalue weighted by Crippen LogP contribution is -2.38. The summed E-state index contributed by atoms with van der Waals surface area (Å²) in [4.78, 5) is 19.7. The van der Waals surface area contributed by atoms with Gasteiger partial charge in [0.05, 0.1) is 16.6 Å². The second-order valence-corrected chi connectivity index (χ2v) is 7.42. The van der Waals surface area contributed by atoms with Crippen molar-refractivity contribution in [2.24, 2.45) is 0 Å². The second-order valence-electron chi connectivity index (χ2n) is 6.09. The molecule has 4 nitrogen and oxygen atoms in total. The fourth-order valence-corrected chi connectivity index (χ4v) is 3.41. The number of imidazole rings is 1. The molecule has 1 aromatic heterocycles. The molecule has 8 heteroatoms. The van der Waals surface area contributed by atoms with Gasteiger partial charge in [-0.05, 0) is 6.92 Å². The molecule has 0 saturated heterocycles. The van der Waals surface area contributed by atoms with E-state index in [0.717, 1.165) is 34.3 Å². The van der Waals surface area contributed by atoms with Gasteiger partial charge in [-0.2, -0.15) is 13.2 Å². The minimum Gasteiger partial charge on any atom is -0.346 e. The molecule has 0 aliphatic carbocycles. The maximum atomic E-state index is 12.3. The largest absolute Gasteiger partial charge is 0.405 e. The first-order valence-corrected chi connectivity index (χ1v) is 9.43. The number of halogens is 3. The fraction of sp³-hybridized carbons (Fsp3) is 0.200. The Morgan fingerprint density at radius 3 is 2.21 bits per heavy atom. The number of aromatic amines is 1. The number of alkyl halides is 3. The van der Waals surface area contributed by atoms with Gasteiger partial charge in [-0.25, -0.2) is 4.98 Å². The highest BCUT2D eigenvalue weighted by atomic mass is 32.2. The normalized spacial score (nSPS) is 12.6. The zero-order valence-corrected chi connectivity index (χ0v) is 15.8. The van der Waals surface area contributed by atoms with Gasteiger partial charge in [0.1, 0.15) is 6.54 Å². The van der Waals surface area contributed by atoms with Crippen LogP contribution in [-0.4, -0.2) is 33.8 Å². The lowest BCUT2D eigenvalue weighted by atomic mass is 10.1. The Bertz CT molecular complexity index is 870. The van der Waals surface area contributed by atoms with Crippen molar-refractivity contribution in [2.45, 2.75) is 23.5 Å². The molecule has 2 aromatic carbocycles. The lowest BCUT2D eigenvalue weighted by molar-refractivity contribution is -0.137. The van der Waals surface area contributed by atoms with Crippen LogP contribution in [0.3, 0.4) is 0 Å². The molecule has 0 radical (unpaired) electrons. The topological polar surface area (TPSA) is 57.8 Å². The minimum atomic E-state index is -4.44. The first kappa shape index (κ1) is 20.0. The third kappa shape index (κ3) is 5.16. The van der Waals surface area contributed by atoms with Crippen LogP contribution in [0, 0.1) is 0 Å². The first-order valence-electron chi connectivity index (χ1n) is 8.55. The molecule has 28 heavy (non-hydrogen) atoms. The first-order chi connectivity index (χ1) is 13.3. The van der Waals surface area contributed by atoms with Gasteiger partial charge in [0.15, 0.2) is 5.16 Å². The number of rotatable bonds is 6. The number of H-pyrrole nitrogens is 1. The van der Waals surface area contributed by atoms with Gasteiger partial charge in [0.2, 0.25) is 5.91 Å². The predicted molar refractivity (Wildman–Crippen MR) is 104 cm³/mol. The van der Waals surface area contributed by atoms with Crippen LogP contribution in [0.15, 0.2) is 65.8 Å². The minimum absolute atomic E-state index is 0.465. The van der Waals surface area contributed by atoms with E-state index >= 15 is 0 Å². The molecular weight excluding hydrogens is 387 g/mol. The van der Waals surface area contributed by atoms with Crippen LogP contribution >= 0.6 is 11.8 Å². The molecule has 3 rings (SSSR count). The van der Waals surface area contributed by atoms with E-state index in [1.54, 1.807) is 6.92 Å². The van der Waals surface area contributed by atoms with Crippen molar-refractivity contribution in [2.75, 3.05) is 6.54 Å². The fourth-order valence-electron chi connectivity index (χ4n) is 2.58. The quantitative estimate of drug-likeness (QED) is 0.574. The van der Waals surface area contributed by atoms with Gasteiger partial charge in [0.25, 0.3) is 0 Å². The van der Waals surface area contributed by atoms with Crippen molar-refractivity contribution in [3.8, 4) is 22.5 Å². The van der Waals surface area contributed by atoms with Gasteiger partial charge in [-0.3, -0.25) is 4.79 Å².